The number of benzene rings is 1. The highest BCUT2D eigenvalue weighted by atomic mass is 35.5. The molecule has 0 saturated carbocycles. The van der Waals surface area contributed by atoms with Gasteiger partial charge in [0, 0.05) is 42.1 Å². The van der Waals surface area contributed by atoms with Gasteiger partial charge in [0.2, 0.25) is 5.95 Å². The van der Waals surface area contributed by atoms with Gasteiger partial charge in [-0.05, 0) is 74.4 Å². The molecule has 2 saturated heterocycles. The van der Waals surface area contributed by atoms with Crippen molar-refractivity contribution in [1.82, 2.24) is 14.9 Å². The first kappa shape index (κ1) is 31.5. The number of carbonyl (C=O) groups excluding carboxylic acids is 1. The predicted molar refractivity (Wildman–Crippen MR) is 160 cm³/mol. The Morgan fingerprint density at radius 2 is 1.71 bits per heavy atom. The average molecular weight is 594 g/mol. The summed E-state index contributed by atoms with van der Waals surface area (Å²) in [7, 11) is -0.700. The van der Waals surface area contributed by atoms with E-state index in [0.29, 0.717) is 53.4 Å². The van der Waals surface area contributed by atoms with Crippen LogP contribution in [0.3, 0.4) is 0 Å². The number of nitrogens with zero attached hydrogens (tertiary/aromatic N) is 4. The van der Waals surface area contributed by atoms with E-state index in [2.05, 4.69) is 10.3 Å². The number of anilines is 2. The van der Waals surface area contributed by atoms with Crippen LogP contribution in [-0.4, -0.2) is 94.5 Å². The van der Waals surface area contributed by atoms with Gasteiger partial charge in [-0.1, -0.05) is 11.6 Å². The Morgan fingerprint density at radius 1 is 1.12 bits per heavy atom. The van der Waals surface area contributed by atoms with Gasteiger partial charge in [0.1, 0.15) is 17.6 Å². The number of piperazine rings is 1. The zero-order valence-electron chi connectivity index (χ0n) is 25.5. The number of ether oxygens (including phenoxy) is 1. The molecule has 2 aliphatic rings. The van der Waals surface area contributed by atoms with Gasteiger partial charge >= 0.3 is 13.2 Å². The Bertz CT molecular complexity index is 1280. The summed E-state index contributed by atoms with van der Waals surface area (Å²) < 4.78 is 32.6. The Morgan fingerprint density at radius 3 is 2.24 bits per heavy atom. The monoisotopic (exact) mass is 593 g/mol. The lowest BCUT2D eigenvalue weighted by molar-refractivity contribution is 0.00316. The minimum atomic E-state index is -1.55. The lowest BCUT2D eigenvalue weighted by atomic mass is 9.78. The minimum Gasteiger partial charge on any atom is -0.444 e. The molecular weight excluding hydrogens is 552 g/mol. The van der Waals surface area contributed by atoms with Crippen molar-refractivity contribution in [3.05, 3.63) is 17.2 Å². The van der Waals surface area contributed by atoms with Crippen LogP contribution in [0, 0.1) is 0 Å². The highest BCUT2D eigenvalue weighted by Gasteiger charge is 2.52. The third-order valence-corrected chi connectivity index (χ3v) is 8.07. The molecular formula is C28H42BClFN5O5. The standard InChI is InChI=1S/C28H42BClFN5O5/c1-25(2,3)39-24(37)36-12-10-35(11-13-36)22-17-14-19(30)18(29-40-27(6,7)28(8,9)41-29)15-20(17)33-23(34-22)32-16-21(31)26(4,5)38/h14-15,21,38H,10-13,16H2,1-9H3,(H,32,33,34). The van der Waals surface area contributed by atoms with Gasteiger partial charge in [0.15, 0.2) is 0 Å². The number of aromatic nitrogens is 2. The molecule has 0 radical (unpaired) electrons. The van der Waals surface area contributed by atoms with Gasteiger partial charge in [0.05, 0.1) is 28.9 Å². The molecule has 1 aromatic heterocycles. The van der Waals surface area contributed by atoms with Crippen molar-refractivity contribution in [2.45, 2.75) is 90.9 Å². The van der Waals surface area contributed by atoms with E-state index in [9.17, 15) is 14.3 Å². The van der Waals surface area contributed by atoms with E-state index in [1.165, 1.54) is 13.8 Å². The summed E-state index contributed by atoms with van der Waals surface area (Å²) in [5.41, 5.74) is -2.02. The molecule has 2 aromatic rings. The summed E-state index contributed by atoms with van der Waals surface area (Å²) in [5, 5.41) is 14.1. The molecule has 1 amide bonds. The zero-order chi connectivity index (χ0) is 30.5. The summed E-state index contributed by atoms with van der Waals surface area (Å²) >= 11 is 6.80. The average Bonchev–Trinajstić information content (AvgIpc) is 3.06. The maximum Gasteiger partial charge on any atom is 0.496 e. The molecule has 1 aromatic carbocycles. The number of nitrogens with one attached hydrogen (secondary N) is 1. The lowest BCUT2D eigenvalue weighted by Gasteiger charge is -2.36. The Hall–Kier alpha value is -2.41. The SMILES string of the molecule is CC(C)(C)OC(=O)N1CCN(c2nc(NCC(F)C(C)(C)O)nc3cc(B4OC(C)(C)C(C)(C)O4)c(Cl)cc23)CC1. The molecule has 2 fully saturated rings. The maximum absolute atomic E-state index is 14.6. The van der Waals surface area contributed by atoms with E-state index in [1.807, 2.05) is 59.4 Å². The number of aliphatic hydroxyl groups is 1. The van der Waals surface area contributed by atoms with Crippen molar-refractivity contribution in [2.24, 2.45) is 0 Å². The number of amides is 1. The minimum absolute atomic E-state index is 0.182. The second-order valence-electron chi connectivity index (χ2n) is 13.3. The molecule has 2 aliphatic heterocycles. The van der Waals surface area contributed by atoms with Crippen molar-refractivity contribution >= 4 is 52.9 Å². The Kier molecular flexibility index (Phi) is 8.47. The third kappa shape index (κ3) is 6.98. The first-order valence-electron chi connectivity index (χ1n) is 14.0. The Labute approximate surface area is 247 Å². The van der Waals surface area contributed by atoms with Gasteiger partial charge in [-0.2, -0.15) is 4.98 Å². The first-order chi connectivity index (χ1) is 18.8. The van der Waals surface area contributed by atoms with Gasteiger partial charge in [-0.25, -0.2) is 14.2 Å². The van der Waals surface area contributed by atoms with Crippen LogP contribution in [0.5, 0.6) is 0 Å². The summed E-state index contributed by atoms with van der Waals surface area (Å²) in [6.45, 7) is 17.9. The molecule has 13 heteroatoms. The molecule has 226 valence electrons. The van der Waals surface area contributed by atoms with Crippen LogP contribution < -0.4 is 15.7 Å². The van der Waals surface area contributed by atoms with Crippen molar-refractivity contribution in [3.8, 4) is 0 Å². The van der Waals surface area contributed by atoms with E-state index < -0.39 is 35.7 Å². The smallest absolute Gasteiger partial charge is 0.444 e. The molecule has 2 N–H and O–H groups in total. The summed E-state index contributed by atoms with van der Waals surface area (Å²) in [4.78, 5) is 25.7. The van der Waals surface area contributed by atoms with Gasteiger partial charge in [0.25, 0.3) is 0 Å². The fourth-order valence-electron chi connectivity index (χ4n) is 4.48. The van der Waals surface area contributed by atoms with Crippen molar-refractivity contribution < 1.29 is 28.3 Å². The molecule has 0 aliphatic carbocycles. The van der Waals surface area contributed by atoms with Crippen molar-refractivity contribution in [1.29, 1.82) is 0 Å². The van der Waals surface area contributed by atoms with Crippen LogP contribution in [0.25, 0.3) is 10.9 Å². The number of alkyl halides is 1. The normalized spacial score (nSPS) is 20.0. The zero-order valence-corrected chi connectivity index (χ0v) is 26.2. The van der Waals surface area contributed by atoms with Crippen LogP contribution in [0.4, 0.5) is 21.0 Å². The highest BCUT2D eigenvalue weighted by molar-refractivity contribution is 6.66. The van der Waals surface area contributed by atoms with Crippen LogP contribution >= 0.6 is 11.6 Å². The van der Waals surface area contributed by atoms with Crippen LogP contribution in [0.15, 0.2) is 12.1 Å². The van der Waals surface area contributed by atoms with Crippen molar-refractivity contribution in [2.75, 3.05) is 42.9 Å². The van der Waals surface area contributed by atoms with E-state index >= 15 is 0 Å². The quantitative estimate of drug-likeness (QED) is 0.477. The number of carbonyl (C=O) groups is 1. The molecule has 41 heavy (non-hydrogen) atoms. The summed E-state index contributed by atoms with van der Waals surface area (Å²) in [5.74, 6) is 0.804. The fraction of sp³-hybridized carbons (Fsp3) is 0.679. The number of halogens is 2. The van der Waals surface area contributed by atoms with E-state index in [4.69, 9.17) is 30.6 Å². The largest absolute Gasteiger partial charge is 0.496 e. The fourth-order valence-corrected chi connectivity index (χ4v) is 4.73. The molecule has 0 spiro atoms. The van der Waals surface area contributed by atoms with Gasteiger partial charge in [-0.15, -0.1) is 0 Å². The van der Waals surface area contributed by atoms with Crippen molar-refractivity contribution in [3.63, 3.8) is 0 Å². The first-order valence-corrected chi connectivity index (χ1v) is 14.4. The van der Waals surface area contributed by atoms with E-state index in [1.54, 1.807) is 11.0 Å². The molecule has 4 rings (SSSR count). The number of rotatable bonds is 6. The molecule has 1 atom stereocenters. The lowest BCUT2D eigenvalue weighted by Crippen LogP contribution is -2.50. The van der Waals surface area contributed by atoms with Crippen LogP contribution in [0.2, 0.25) is 5.02 Å². The summed E-state index contributed by atoms with van der Waals surface area (Å²) in [6.07, 6.45) is -1.91. The van der Waals surface area contributed by atoms with Gasteiger partial charge < -0.3 is 34.3 Å². The van der Waals surface area contributed by atoms with Crippen LogP contribution in [-0.2, 0) is 14.0 Å². The molecule has 0 bridgehead atoms. The highest BCUT2D eigenvalue weighted by Crippen LogP contribution is 2.38. The second kappa shape index (κ2) is 11.0. The predicted octanol–water partition coefficient (Wildman–Crippen LogP) is 4.16. The third-order valence-electron chi connectivity index (χ3n) is 7.74. The topological polar surface area (TPSA) is 109 Å². The molecule has 10 nitrogen and oxygen atoms in total. The molecule has 1 unspecified atom stereocenters. The Balaban J connectivity index is 1.67. The number of hydrogen-bond donors (Lipinski definition) is 2. The number of hydrogen-bond acceptors (Lipinski definition) is 9. The van der Waals surface area contributed by atoms with E-state index in [0.717, 1.165) is 0 Å². The summed E-state index contributed by atoms with van der Waals surface area (Å²) in [6, 6.07) is 3.61. The number of fused-ring (bicyclic) bond motifs is 1. The van der Waals surface area contributed by atoms with Crippen LogP contribution in [0.1, 0.15) is 62.3 Å². The molecule has 3 heterocycles. The van der Waals surface area contributed by atoms with E-state index in [-0.39, 0.29) is 18.6 Å². The maximum atomic E-state index is 14.6. The second-order valence-corrected chi connectivity index (χ2v) is 13.7. The van der Waals surface area contributed by atoms with Gasteiger partial charge in [-0.3, -0.25) is 0 Å².